The largest absolute Gasteiger partial charge is 0.347 e. The fourth-order valence-electron chi connectivity index (χ4n) is 9.66. The van der Waals surface area contributed by atoms with E-state index >= 15 is 0 Å². The van der Waals surface area contributed by atoms with Gasteiger partial charge in [0.15, 0.2) is 0 Å². The highest BCUT2D eigenvalue weighted by atomic mass is 32.1. The maximum absolute atomic E-state index is 2.52. The molecule has 248 valence electrons. The van der Waals surface area contributed by atoms with Crippen molar-refractivity contribution in [2.24, 2.45) is 14.1 Å². The molecule has 4 heteroatoms. The van der Waals surface area contributed by atoms with E-state index in [-0.39, 0.29) is 0 Å². The van der Waals surface area contributed by atoms with Crippen LogP contribution in [0.25, 0.3) is 98.9 Å². The van der Waals surface area contributed by atoms with Crippen LogP contribution in [-0.2, 0) is 20.5 Å². The summed E-state index contributed by atoms with van der Waals surface area (Å²) in [6.45, 7) is 0. The Kier molecular flexibility index (Phi) is 5.93. The summed E-state index contributed by atoms with van der Waals surface area (Å²) in [5, 5.41) is 8.25. The Hall–Kier alpha value is -5.42. The van der Waals surface area contributed by atoms with Crippen molar-refractivity contribution >= 4 is 99.4 Å². The van der Waals surface area contributed by atoms with Gasteiger partial charge in [-0.25, -0.2) is 0 Å². The summed E-state index contributed by atoms with van der Waals surface area (Å²) >= 11 is 3.91. The summed E-state index contributed by atoms with van der Waals surface area (Å²) in [5.41, 5.74) is 14.9. The molecule has 1 unspecified atom stereocenters. The number of rotatable bonds is 2. The SMILES string of the molecule is Cn1c2c(c3cc(-c4ccc5c6c(sc5c4)=CCC4C=6C=Cc5sc6cc(-c7ccc8c(c7)c7ccccc7n8C)ccc6c54)ccc31)C=CCC2. The molecule has 5 aromatic carbocycles. The number of fused-ring (bicyclic) bond motifs is 14. The Bertz CT molecular complexity index is 3240. The zero-order valence-corrected chi connectivity index (χ0v) is 30.7. The number of aryl methyl sites for hydroxylation is 2. The van der Waals surface area contributed by atoms with Crippen LogP contribution in [0.15, 0.2) is 109 Å². The molecule has 3 aliphatic rings. The van der Waals surface area contributed by atoms with Crippen molar-refractivity contribution in [1.82, 2.24) is 9.13 Å². The second-order valence-corrected chi connectivity index (χ2v) is 17.0. The first-order valence-corrected chi connectivity index (χ1v) is 20.0. The number of allylic oxidation sites excluding steroid dienone is 2. The highest BCUT2D eigenvalue weighted by Gasteiger charge is 2.28. The highest BCUT2D eigenvalue weighted by molar-refractivity contribution is 7.20. The van der Waals surface area contributed by atoms with Gasteiger partial charge >= 0.3 is 0 Å². The van der Waals surface area contributed by atoms with Crippen molar-refractivity contribution < 1.29 is 0 Å². The number of para-hydroxylation sites is 1. The van der Waals surface area contributed by atoms with Gasteiger partial charge in [-0.15, -0.1) is 22.7 Å². The number of benzene rings is 5. The predicted octanol–water partition coefficient (Wildman–Crippen LogP) is 11.7. The number of hydrogen-bond acceptors (Lipinski definition) is 2. The zero-order chi connectivity index (χ0) is 34.2. The molecule has 0 N–H and O–H groups in total. The zero-order valence-electron chi connectivity index (χ0n) is 29.0. The third kappa shape index (κ3) is 3.94. The van der Waals surface area contributed by atoms with Gasteiger partial charge < -0.3 is 9.13 Å². The summed E-state index contributed by atoms with van der Waals surface area (Å²) in [6, 6.07) is 37.1. The average molecular weight is 703 g/mol. The van der Waals surface area contributed by atoms with Crippen LogP contribution in [0.4, 0.5) is 0 Å². The van der Waals surface area contributed by atoms with E-state index in [1.807, 2.05) is 22.7 Å². The van der Waals surface area contributed by atoms with Crippen LogP contribution >= 0.6 is 22.7 Å². The summed E-state index contributed by atoms with van der Waals surface area (Å²) < 4.78 is 8.88. The minimum Gasteiger partial charge on any atom is -0.347 e. The third-order valence-corrected chi connectivity index (χ3v) is 14.5. The molecule has 0 amide bonds. The van der Waals surface area contributed by atoms with Gasteiger partial charge in [-0.3, -0.25) is 0 Å². The summed E-state index contributed by atoms with van der Waals surface area (Å²) in [4.78, 5) is 1.41. The normalized spacial score (nSPS) is 16.2. The monoisotopic (exact) mass is 702 g/mol. The summed E-state index contributed by atoms with van der Waals surface area (Å²) in [7, 11) is 4.39. The van der Waals surface area contributed by atoms with E-state index in [4.69, 9.17) is 0 Å². The van der Waals surface area contributed by atoms with Crippen LogP contribution in [0.5, 0.6) is 0 Å². The van der Waals surface area contributed by atoms with E-state index in [1.54, 1.807) is 0 Å². The molecular weight excluding hydrogens is 669 g/mol. The lowest BCUT2D eigenvalue weighted by Crippen LogP contribution is -2.28. The quantitative estimate of drug-likeness (QED) is 0.170. The molecule has 0 saturated carbocycles. The van der Waals surface area contributed by atoms with Crippen LogP contribution < -0.4 is 9.75 Å². The molecule has 52 heavy (non-hydrogen) atoms. The van der Waals surface area contributed by atoms with Gasteiger partial charge in [0.25, 0.3) is 0 Å². The topological polar surface area (TPSA) is 9.86 Å². The van der Waals surface area contributed by atoms with Crippen molar-refractivity contribution in [1.29, 1.82) is 0 Å². The lowest BCUT2D eigenvalue weighted by molar-refractivity contribution is 0.824. The van der Waals surface area contributed by atoms with Crippen molar-refractivity contribution in [3.8, 4) is 22.3 Å². The average Bonchev–Trinajstić information content (AvgIpc) is 3.92. The number of aromatic nitrogens is 2. The number of nitrogens with zero attached hydrogens (tertiary/aromatic N) is 2. The number of hydrogen-bond donors (Lipinski definition) is 0. The second-order valence-electron chi connectivity index (χ2n) is 14.8. The molecule has 12 rings (SSSR count). The molecule has 0 fully saturated rings. The Morgan fingerprint density at radius 2 is 1.29 bits per heavy atom. The van der Waals surface area contributed by atoms with Crippen LogP contribution in [0.3, 0.4) is 0 Å². The van der Waals surface area contributed by atoms with Gasteiger partial charge in [-0.2, -0.15) is 0 Å². The predicted molar refractivity (Wildman–Crippen MR) is 226 cm³/mol. The molecule has 4 heterocycles. The molecule has 4 aromatic heterocycles. The lowest BCUT2D eigenvalue weighted by Gasteiger charge is -2.24. The van der Waals surface area contributed by atoms with Crippen LogP contribution in [-0.4, -0.2) is 9.13 Å². The molecule has 3 aliphatic carbocycles. The van der Waals surface area contributed by atoms with Gasteiger partial charge in [-0.05, 0) is 107 Å². The Morgan fingerprint density at radius 3 is 2.13 bits per heavy atom. The molecule has 0 spiro atoms. The lowest BCUT2D eigenvalue weighted by atomic mass is 9.80. The highest BCUT2D eigenvalue weighted by Crippen LogP contribution is 2.47. The number of thiophene rings is 2. The van der Waals surface area contributed by atoms with E-state index in [1.165, 1.54) is 112 Å². The first-order chi connectivity index (χ1) is 25.6. The maximum Gasteiger partial charge on any atom is 0.0489 e. The molecule has 9 aromatic rings. The van der Waals surface area contributed by atoms with E-state index in [0.717, 1.165) is 19.3 Å². The first-order valence-electron chi connectivity index (χ1n) is 18.4. The third-order valence-electron chi connectivity index (χ3n) is 12.2. The fourth-order valence-corrected chi connectivity index (χ4v) is 12.1. The molecular formula is C48H34N2S2. The van der Waals surface area contributed by atoms with Crippen LogP contribution in [0.2, 0.25) is 0 Å². The van der Waals surface area contributed by atoms with Crippen molar-refractivity contribution in [3.63, 3.8) is 0 Å². The minimum absolute atomic E-state index is 0.385. The van der Waals surface area contributed by atoms with Gasteiger partial charge in [0, 0.05) is 93.4 Å². The molecule has 0 saturated heterocycles. The van der Waals surface area contributed by atoms with E-state index in [0.29, 0.717) is 5.92 Å². The standard InChI is InChI=1S/C48H34N2S2/c1-49-39-9-5-3-7-31(39)37-23-27(13-19-41(37)49)29-11-15-35-45(25-29)51-43-21-17-34-33(47(35)43)18-22-44-48(34)36-16-12-30(26-46(36)52-44)28-14-20-42-38(24-28)32-8-4-6-10-40(32)50(42)2/h3-5,7-9,11-17,19-26,33H,6,10,18H2,1-2H3. The van der Waals surface area contributed by atoms with Crippen LogP contribution in [0.1, 0.15) is 40.5 Å². The molecule has 0 bridgehead atoms. The summed E-state index contributed by atoms with van der Waals surface area (Å²) in [6.07, 6.45) is 15.3. The van der Waals surface area contributed by atoms with Gasteiger partial charge in [0.05, 0.1) is 0 Å². The van der Waals surface area contributed by atoms with Crippen molar-refractivity contribution in [3.05, 3.63) is 141 Å². The first kappa shape index (κ1) is 29.2. The Balaban J connectivity index is 0.943. The summed E-state index contributed by atoms with van der Waals surface area (Å²) in [5.74, 6) is 0.385. The molecule has 0 aliphatic heterocycles. The fraction of sp³-hybridized carbons (Fsp3) is 0.125. The van der Waals surface area contributed by atoms with Crippen molar-refractivity contribution in [2.45, 2.75) is 25.2 Å². The van der Waals surface area contributed by atoms with Crippen molar-refractivity contribution in [2.75, 3.05) is 0 Å². The minimum atomic E-state index is 0.385. The maximum atomic E-state index is 2.52. The van der Waals surface area contributed by atoms with Gasteiger partial charge in [0.1, 0.15) is 0 Å². The smallest absolute Gasteiger partial charge is 0.0489 e. The Morgan fingerprint density at radius 1 is 0.596 bits per heavy atom. The van der Waals surface area contributed by atoms with E-state index in [2.05, 4.69) is 151 Å². The van der Waals surface area contributed by atoms with Gasteiger partial charge in [-0.1, -0.05) is 78.9 Å². The molecule has 0 radical (unpaired) electrons. The Labute approximate surface area is 309 Å². The van der Waals surface area contributed by atoms with E-state index in [9.17, 15) is 0 Å². The van der Waals surface area contributed by atoms with E-state index < -0.39 is 0 Å². The van der Waals surface area contributed by atoms with Gasteiger partial charge in [0.2, 0.25) is 0 Å². The molecule has 1 atom stereocenters. The second kappa shape index (κ2) is 10.6. The van der Waals surface area contributed by atoms with Crippen LogP contribution in [0, 0.1) is 0 Å². The molecule has 2 nitrogen and oxygen atoms in total.